The van der Waals surface area contributed by atoms with Gasteiger partial charge in [0.2, 0.25) is 0 Å². The second-order valence-electron chi connectivity index (χ2n) is 21.0. The summed E-state index contributed by atoms with van der Waals surface area (Å²) in [6, 6.07) is 43.3. The van der Waals surface area contributed by atoms with Gasteiger partial charge in [0.25, 0.3) is 6.71 Å². The van der Waals surface area contributed by atoms with Crippen molar-refractivity contribution >= 4 is 57.2 Å². The van der Waals surface area contributed by atoms with Crippen LogP contribution in [0.3, 0.4) is 0 Å². The lowest BCUT2D eigenvalue weighted by Crippen LogP contribution is -2.61. The Labute approximate surface area is 342 Å². The largest absolute Gasteiger partial charge is 0.311 e. The van der Waals surface area contributed by atoms with Crippen LogP contribution in [-0.2, 0) is 34.5 Å². The number of nitrogens with zero attached hydrogens (tertiary/aromatic N) is 2. The van der Waals surface area contributed by atoms with Crippen molar-refractivity contribution in [3.05, 3.63) is 148 Å². The van der Waals surface area contributed by atoms with E-state index in [1.165, 1.54) is 109 Å². The molecule has 0 saturated heterocycles. The van der Waals surface area contributed by atoms with E-state index < -0.39 is 0 Å². The number of hydrogen-bond donors (Lipinski definition) is 0. The van der Waals surface area contributed by atoms with E-state index in [1.54, 1.807) is 11.1 Å². The third kappa shape index (κ3) is 5.37. The lowest BCUT2D eigenvalue weighted by atomic mass is 9.33. The Morgan fingerprint density at radius 2 is 1.05 bits per heavy atom. The Kier molecular flexibility index (Phi) is 7.66. The predicted octanol–water partition coefficient (Wildman–Crippen LogP) is 12.5. The van der Waals surface area contributed by atoms with E-state index in [9.17, 15) is 0 Å². The van der Waals surface area contributed by atoms with Crippen molar-refractivity contribution in [2.75, 3.05) is 9.80 Å². The van der Waals surface area contributed by atoms with E-state index in [2.05, 4.69) is 195 Å². The highest BCUT2D eigenvalue weighted by atomic mass is 15.2. The molecule has 6 aromatic rings. The molecule has 0 fully saturated rings. The zero-order valence-electron chi connectivity index (χ0n) is 36.0. The fourth-order valence-electron chi connectivity index (χ4n) is 10.6. The van der Waals surface area contributed by atoms with Gasteiger partial charge in [-0.2, -0.15) is 0 Å². The Morgan fingerprint density at radius 1 is 0.509 bits per heavy atom. The highest BCUT2D eigenvalue weighted by Gasteiger charge is 2.46. The summed E-state index contributed by atoms with van der Waals surface area (Å²) in [7, 11) is 0. The minimum Gasteiger partial charge on any atom is -0.311 e. The summed E-state index contributed by atoms with van der Waals surface area (Å²) in [4.78, 5) is 5.15. The van der Waals surface area contributed by atoms with Crippen LogP contribution in [0.25, 0.3) is 11.1 Å². The van der Waals surface area contributed by atoms with Crippen LogP contribution in [0.1, 0.15) is 122 Å². The normalized spacial score (nSPS) is 16.2. The lowest BCUT2D eigenvalue weighted by molar-refractivity contribution is 0.590. The minimum absolute atomic E-state index is 0.00823. The maximum absolute atomic E-state index is 2.65. The van der Waals surface area contributed by atoms with Gasteiger partial charge in [0.05, 0.1) is 0 Å². The maximum atomic E-state index is 2.65. The van der Waals surface area contributed by atoms with Crippen molar-refractivity contribution in [2.45, 2.75) is 117 Å². The summed E-state index contributed by atoms with van der Waals surface area (Å²) >= 11 is 0. The van der Waals surface area contributed by atoms with E-state index in [0.29, 0.717) is 0 Å². The molecule has 57 heavy (non-hydrogen) atoms. The number of anilines is 6. The molecular weight excluding hydrogens is 687 g/mol. The number of fused-ring (bicyclic) bond motifs is 9. The summed E-state index contributed by atoms with van der Waals surface area (Å²) in [5, 5.41) is 0. The number of rotatable bonds is 2. The molecule has 2 aliphatic carbocycles. The maximum Gasteiger partial charge on any atom is 0.252 e. The fraction of sp³-hybridized carbons (Fsp3) is 0.333. The van der Waals surface area contributed by atoms with Crippen LogP contribution in [0.4, 0.5) is 34.1 Å². The zero-order valence-corrected chi connectivity index (χ0v) is 36.0. The molecule has 0 amide bonds. The molecule has 2 nitrogen and oxygen atoms in total. The first-order valence-electron chi connectivity index (χ1n) is 21.4. The number of aryl methyl sites for hydroxylation is 1. The second-order valence-corrected chi connectivity index (χ2v) is 21.0. The van der Waals surface area contributed by atoms with Crippen molar-refractivity contribution in [3.8, 4) is 11.1 Å². The molecule has 0 aromatic heterocycles. The Balaban J connectivity index is 1.28. The molecule has 0 saturated carbocycles. The van der Waals surface area contributed by atoms with E-state index >= 15 is 0 Å². The van der Waals surface area contributed by atoms with E-state index in [4.69, 9.17) is 0 Å². The van der Waals surface area contributed by atoms with Gasteiger partial charge in [-0.05, 0) is 150 Å². The lowest BCUT2D eigenvalue weighted by Gasteiger charge is -2.45. The number of benzene rings is 6. The molecule has 0 atom stereocenters. The van der Waals surface area contributed by atoms with Crippen LogP contribution in [-0.4, -0.2) is 6.71 Å². The molecule has 0 spiro atoms. The van der Waals surface area contributed by atoms with E-state index in [1.807, 2.05) is 0 Å². The molecule has 2 aliphatic heterocycles. The zero-order chi connectivity index (χ0) is 40.0. The average molecular weight is 745 g/mol. The topological polar surface area (TPSA) is 6.48 Å². The monoisotopic (exact) mass is 744 g/mol. The van der Waals surface area contributed by atoms with Crippen LogP contribution in [0.15, 0.2) is 109 Å². The van der Waals surface area contributed by atoms with Crippen LogP contribution >= 0.6 is 0 Å². The smallest absolute Gasteiger partial charge is 0.252 e. The first-order chi connectivity index (χ1) is 26.9. The molecule has 6 aromatic carbocycles. The molecule has 4 aliphatic rings. The van der Waals surface area contributed by atoms with Gasteiger partial charge in [-0.25, -0.2) is 0 Å². The predicted molar refractivity (Wildman–Crippen MR) is 246 cm³/mol. The highest BCUT2D eigenvalue weighted by molar-refractivity contribution is 7.00. The molecule has 10 rings (SSSR count). The Morgan fingerprint density at radius 3 is 1.63 bits per heavy atom. The van der Waals surface area contributed by atoms with Gasteiger partial charge in [0.1, 0.15) is 0 Å². The fourth-order valence-corrected chi connectivity index (χ4v) is 10.6. The minimum atomic E-state index is -0.0953. The molecule has 0 bridgehead atoms. The first-order valence-corrected chi connectivity index (χ1v) is 21.4. The van der Waals surface area contributed by atoms with Crippen LogP contribution in [0.5, 0.6) is 0 Å². The van der Waals surface area contributed by atoms with Crippen molar-refractivity contribution in [2.24, 2.45) is 0 Å². The summed E-state index contributed by atoms with van der Waals surface area (Å²) in [6.07, 6.45) is 3.61. The SMILES string of the molecule is CC(C)(C)c1ccc(N2c3ccc(C(C)(C)C)cc3B3c4cc5c(cc4N(c4ccc(C(C)(C)C)cc4)c4cccc2c43)-c2c(ccc3c2CCC3)C5(C)C)cc1. The van der Waals surface area contributed by atoms with Gasteiger partial charge in [-0.1, -0.05) is 137 Å². The molecule has 0 radical (unpaired) electrons. The quantitative estimate of drug-likeness (QED) is 0.163. The van der Waals surface area contributed by atoms with Crippen molar-refractivity contribution in [1.82, 2.24) is 0 Å². The summed E-state index contributed by atoms with van der Waals surface area (Å²) in [6.45, 7) is 25.9. The average Bonchev–Trinajstić information content (AvgIpc) is 3.73. The molecule has 0 N–H and O–H groups in total. The Bertz CT molecular complexity index is 2620. The molecule has 3 heteroatoms. The van der Waals surface area contributed by atoms with E-state index in [-0.39, 0.29) is 28.4 Å². The van der Waals surface area contributed by atoms with Crippen LogP contribution < -0.4 is 26.2 Å². The Hall–Kier alpha value is -5.02. The first kappa shape index (κ1) is 36.3. The molecule has 0 unspecified atom stereocenters. The van der Waals surface area contributed by atoms with Gasteiger partial charge >= 0.3 is 0 Å². The summed E-state index contributed by atoms with van der Waals surface area (Å²) in [5.41, 5.74) is 24.9. The van der Waals surface area contributed by atoms with Crippen LogP contribution in [0.2, 0.25) is 0 Å². The van der Waals surface area contributed by atoms with Crippen molar-refractivity contribution < 1.29 is 0 Å². The molecule has 2 heterocycles. The third-order valence-electron chi connectivity index (χ3n) is 13.9. The van der Waals surface area contributed by atoms with Gasteiger partial charge in [0.15, 0.2) is 0 Å². The highest BCUT2D eigenvalue weighted by Crippen LogP contribution is 2.54. The second kappa shape index (κ2) is 12.0. The molecular formula is C54H57BN2. The molecule has 286 valence electrons. The van der Waals surface area contributed by atoms with Crippen molar-refractivity contribution in [3.63, 3.8) is 0 Å². The van der Waals surface area contributed by atoms with Gasteiger partial charge in [-0.3, -0.25) is 0 Å². The van der Waals surface area contributed by atoms with Gasteiger partial charge < -0.3 is 9.80 Å². The van der Waals surface area contributed by atoms with Crippen molar-refractivity contribution in [1.29, 1.82) is 0 Å². The summed E-state index contributed by atoms with van der Waals surface area (Å²) < 4.78 is 0. The van der Waals surface area contributed by atoms with Gasteiger partial charge in [0, 0.05) is 39.5 Å². The summed E-state index contributed by atoms with van der Waals surface area (Å²) in [5.74, 6) is 0. The van der Waals surface area contributed by atoms with E-state index in [0.717, 1.165) is 0 Å². The standard InChI is InChI=1S/C54H57BN2/c1-51(2,3)34-19-24-37(25-20-34)56-45-29-23-36(53(7,8)9)30-43(45)55-44-32-42-40(49-39-15-12-14-33(39)18-28-41(49)54(42,10)11)31-48(44)57(47-17-13-16-46(56)50(47)55)38-26-21-35(22-27-38)52(4,5)6/h13,16-32H,12,14-15H2,1-11H3. The van der Waals surface area contributed by atoms with Crippen LogP contribution in [0, 0.1) is 0 Å². The van der Waals surface area contributed by atoms with Gasteiger partial charge in [-0.15, -0.1) is 0 Å². The number of hydrogen-bond acceptors (Lipinski definition) is 2. The third-order valence-corrected chi connectivity index (χ3v) is 13.9.